The Morgan fingerprint density at radius 3 is 2.64 bits per heavy atom. The normalized spacial score (nSPS) is 11.3. The second-order valence-electron chi connectivity index (χ2n) is 6.18. The van der Waals surface area contributed by atoms with Crippen LogP contribution in [-0.2, 0) is 17.6 Å². The van der Waals surface area contributed by atoms with Gasteiger partial charge in [-0.05, 0) is 55.0 Å². The van der Waals surface area contributed by atoms with Crippen molar-refractivity contribution in [3.8, 4) is 0 Å². The number of nitrogens with one attached hydrogen (secondary N) is 2. The van der Waals surface area contributed by atoms with Crippen molar-refractivity contribution >= 4 is 22.9 Å². The maximum absolute atomic E-state index is 11.0. The molecule has 0 unspecified atom stereocenters. The van der Waals surface area contributed by atoms with Crippen molar-refractivity contribution in [1.82, 2.24) is 10.5 Å². The number of rotatable bonds is 6. The molecule has 1 amide bonds. The van der Waals surface area contributed by atoms with Gasteiger partial charge in [0.1, 0.15) is 0 Å². The smallest absolute Gasteiger partial charge is 0.267 e. The van der Waals surface area contributed by atoms with Gasteiger partial charge in [0.15, 0.2) is 0 Å². The van der Waals surface area contributed by atoms with Crippen LogP contribution in [0.25, 0.3) is 17.0 Å². The molecule has 3 N–H and O–H groups in total. The molecule has 0 atom stereocenters. The predicted molar refractivity (Wildman–Crippen MR) is 100 cm³/mol. The van der Waals surface area contributed by atoms with Crippen LogP contribution in [-0.4, -0.2) is 16.1 Å². The van der Waals surface area contributed by atoms with Crippen LogP contribution in [0.5, 0.6) is 0 Å². The van der Waals surface area contributed by atoms with Gasteiger partial charge in [-0.2, -0.15) is 0 Å². The summed E-state index contributed by atoms with van der Waals surface area (Å²) < 4.78 is 0. The van der Waals surface area contributed by atoms with Gasteiger partial charge in [-0.1, -0.05) is 42.5 Å². The molecule has 2 aromatic carbocycles. The fourth-order valence-corrected chi connectivity index (χ4v) is 3.13. The van der Waals surface area contributed by atoms with E-state index in [9.17, 15) is 4.79 Å². The summed E-state index contributed by atoms with van der Waals surface area (Å²) in [5.41, 5.74) is 7.65. The van der Waals surface area contributed by atoms with Crippen molar-refractivity contribution in [3.05, 3.63) is 77.0 Å². The average Bonchev–Trinajstić information content (AvgIpc) is 2.96. The summed E-state index contributed by atoms with van der Waals surface area (Å²) in [4.78, 5) is 14.4. The topological polar surface area (TPSA) is 65.1 Å². The number of hydrogen-bond acceptors (Lipinski definition) is 2. The highest BCUT2D eigenvalue weighted by Gasteiger charge is 2.07. The van der Waals surface area contributed by atoms with Crippen LogP contribution >= 0.6 is 0 Å². The molecule has 4 nitrogen and oxygen atoms in total. The van der Waals surface area contributed by atoms with Crippen LogP contribution in [0.15, 0.2) is 54.6 Å². The van der Waals surface area contributed by atoms with E-state index in [1.165, 1.54) is 33.8 Å². The van der Waals surface area contributed by atoms with E-state index in [0.717, 1.165) is 24.8 Å². The van der Waals surface area contributed by atoms with E-state index in [0.29, 0.717) is 0 Å². The van der Waals surface area contributed by atoms with Gasteiger partial charge in [0.25, 0.3) is 5.91 Å². The predicted octanol–water partition coefficient (Wildman–Crippen LogP) is 4.17. The third-order valence-corrected chi connectivity index (χ3v) is 4.44. The van der Waals surface area contributed by atoms with E-state index < -0.39 is 5.91 Å². The molecule has 0 radical (unpaired) electrons. The number of benzene rings is 2. The van der Waals surface area contributed by atoms with Gasteiger partial charge in [0.2, 0.25) is 0 Å². The van der Waals surface area contributed by atoms with Gasteiger partial charge in [-0.15, -0.1) is 0 Å². The molecule has 25 heavy (non-hydrogen) atoms. The number of aromatic nitrogens is 1. The van der Waals surface area contributed by atoms with E-state index in [1.807, 2.05) is 12.1 Å². The van der Waals surface area contributed by atoms with E-state index in [-0.39, 0.29) is 0 Å². The maximum Gasteiger partial charge on any atom is 0.267 e. The Hall–Kier alpha value is -2.85. The summed E-state index contributed by atoms with van der Waals surface area (Å²) in [5.74, 6) is -0.529. The van der Waals surface area contributed by atoms with Gasteiger partial charge in [0.05, 0.1) is 0 Å². The van der Waals surface area contributed by atoms with Crippen molar-refractivity contribution < 1.29 is 10.0 Å². The molecular weight excluding hydrogens is 312 g/mol. The maximum atomic E-state index is 11.0. The minimum Gasteiger partial charge on any atom is -0.358 e. The lowest BCUT2D eigenvalue weighted by atomic mass is 10.0. The van der Waals surface area contributed by atoms with Crippen molar-refractivity contribution in [1.29, 1.82) is 0 Å². The van der Waals surface area contributed by atoms with Crippen molar-refractivity contribution in [2.75, 3.05) is 0 Å². The quantitative estimate of drug-likeness (QED) is 0.360. The molecule has 0 bridgehead atoms. The third kappa shape index (κ3) is 4.17. The van der Waals surface area contributed by atoms with Crippen LogP contribution in [0.3, 0.4) is 0 Å². The van der Waals surface area contributed by atoms with Gasteiger partial charge in [-0.25, -0.2) is 5.48 Å². The number of amides is 1. The standard InChI is InChI=1S/C21H22N2O2/c1-15-18(19-6-2-3-8-20(19)22-15)7-4-5-16-9-11-17(12-10-16)13-14-21(24)23-25/h2-3,6,8-14,22,25H,4-5,7H2,1H3,(H,23,24)/b14-13+. The lowest BCUT2D eigenvalue weighted by molar-refractivity contribution is -0.124. The molecule has 0 aliphatic carbocycles. The van der Waals surface area contributed by atoms with Crippen molar-refractivity contribution in [3.63, 3.8) is 0 Å². The Balaban J connectivity index is 1.59. The van der Waals surface area contributed by atoms with Crippen molar-refractivity contribution in [2.45, 2.75) is 26.2 Å². The number of aromatic amines is 1. The van der Waals surface area contributed by atoms with Gasteiger partial charge in [-0.3, -0.25) is 10.0 Å². The summed E-state index contributed by atoms with van der Waals surface area (Å²) >= 11 is 0. The zero-order valence-corrected chi connectivity index (χ0v) is 14.3. The van der Waals surface area contributed by atoms with Crippen LogP contribution in [0.1, 0.15) is 28.8 Å². The number of carbonyl (C=O) groups is 1. The van der Waals surface area contributed by atoms with E-state index in [2.05, 4.69) is 48.3 Å². The number of fused-ring (bicyclic) bond motifs is 1. The highest BCUT2D eigenvalue weighted by atomic mass is 16.5. The number of carbonyl (C=O) groups excluding carboxylic acids is 1. The lowest BCUT2D eigenvalue weighted by Crippen LogP contribution is -2.14. The monoisotopic (exact) mass is 334 g/mol. The van der Waals surface area contributed by atoms with Gasteiger partial charge >= 0.3 is 0 Å². The molecule has 0 saturated heterocycles. The van der Waals surface area contributed by atoms with E-state index in [4.69, 9.17) is 5.21 Å². The first-order valence-corrected chi connectivity index (χ1v) is 8.44. The third-order valence-electron chi connectivity index (χ3n) is 4.44. The molecule has 0 spiro atoms. The molecule has 0 fully saturated rings. The summed E-state index contributed by atoms with van der Waals surface area (Å²) in [5, 5.41) is 9.79. The largest absolute Gasteiger partial charge is 0.358 e. The molecule has 0 saturated carbocycles. The summed E-state index contributed by atoms with van der Waals surface area (Å²) in [6.07, 6.45) is 6.12. The molecular formula is C21H22N2O2. The number of hydrogen-bond donors (Lipinski definition) is 3. The highest BCUT2D eigenvalue weighted by molar-refractivity contribution is 5.90. The molecule has 4 heteroatoms. The number of para-hydroxylation sites is 1. The Bertz CT molecular complexity index is 892. The summed E-state index contributed by atoms with van der Waals surface area (Å²) in [7, 11) is 0. The molecule has 128 valence electrons. The highest BCUT2D eigenvalue weighted by Crippen LogP contribution is 2.23. The van der Waals surface area contributed by atoms with Gasteiger partial charge < -0.3 is 4.98 Å². The average molecular weight is 334 g/mol. The zero-order chi connectivity index (χ0) is 17.6. The first-order valence-electron chi connectivity index (χ1n) is 8.44. The number of hydroxylamine groups is 1. The van der Waals surface area contributed by atoms with Crippen LogP contribution < -0.4 is 5.48 Å². The van der Waals surface area contributed by atoms with Crippen LogP contribution in [0.2, 0.25) is 0 Å². The zero-order valence-electron chi connectivity index (χ0n) is 14.3. The molecule has 3 aromatic rings. The fourth-order valence-electron chi connectivity index (χ4n) is 3.13. The minimum atomic E-state index is -0.529. The Kier molecular flexibility index (Phi) is 5.31. The summed E-state index contributed by atoms with van der Waals surface area (Å²) in [6, 6.07) is 16.6. The van der Waals surface area contributed by atoms with Crippen LogP contribution in [0, 0.1) is 6.92 Å². The SMILES string of the molecule is Cc1[nH]c2ccccc2c1CCCc1ccc(/C=C/C(=O)NO)cc1. The van der Waals surface area contributed by atoms with E-state index in [1.54, 1.807) is 11.6 Å². The molecule has 3 rings (SSSR count). The minimum absolute atomic E-state index is 0.529. The second-order valence-corrected chi connectivity index (χ2v) is 6.18. The second kappa shape index (κ2) is 7.81. The van der Waals surface area contributed by atoms with Gasteiger partial charge in [0, 0.05) is 22.7 Å². The number of H-pyrrole nitrogens is 1. The van der Waals surface area contributed by atoms with E-state index >= 15 is 0 Å². The lowest BCUT2D eigenvalue weighted by Gasteiger charge is -2.04. The first-order chi connectivity index (χ1) is 12.2. The molecule has 1 aromatic heterocycles. The Morgan fingerprint density at radius 1 is 1.12 bits per heavy atom. The number of aryl methyl sites for hydroxylation is 3. The molecule has 1 heterocycles. The molecule has 0 aliphatic heterocycles. The fraction of sp³-hybridized carbons (Fsp3) is 0.190. The van der Waals surface area contributed by atoms with Crippen LogP contribution in [0.4, 0.5) is 0 Å². The Labute approximate surface area is 147 Å². The summed E-state index contributed by atoms with van der Waals surface area (Å²) in [6.45, 7) is 2.14. The molecule has 0 aliphatic rings. The van der Waals surface area contributed by atoms with Crippen molar-refractivity contribution in [2.24, 2.45) is 0 Å². The first kappa shape index (κ1) is 17.0. The Morgan fingerprint density at radius 2 is 1.88 bits per heavy atom.